The molecule has 1 aliphatic rings. The molecule has 0 N–H and O–H groups in total. The molecule has 1 fully saturated rings. The van der Waals surface area contributed by atoms with Gasteiger partial charge in [0.25, 0.3) is 0 Å². The Morgan fingerprint density at radius 1 is 1.35 bits per heavy atom. The molecular weight excluding hydrogens is 234 g/mol. The third kappa shape index (κ3) is 3.95. The monoisotopic (exact) mass is 249 g/mol. The minimum absolute atomic E-state index is 0.456. The minimum Gasteiger partial charge on any atom is -0.493 e. The molecule has 0 aliphatic carbocycles. The van der Waals surface area contributed by atoms with Crippen molar-refractivity contribution in [3.8, 4) is 11.8 Å². The molecule has 0 bridgehead atoms. The second-order valence-electron chi connectivity index (χ2n) is 3.86. The van der Waals surface area contributed by atoms with E-state index in [1.165, 1.54) is 0 Å². The predicted octanol–water partition coefficient (Wildman–Crippen LogP) is 2.26. The Morgan fingerprint density at radius 2 is 2.12 bits per heavy atom. The summed E-state index contributed by atoms with van der Waals surface area (Å²) in [7, 11) is 0. The Morgan fingerprint density at radius 3 is 2.71 bits per heavy atom. The predicted molar refractivity (Wildman–Crippen MR) is 68.3 cm³/mol. The van der Waals surface area contributed by atoms with Crippen LogP contribution in [0.4, 0.5) is 0 Å². The van der Waals surface area contributed by atoms with Crippen LogP contribution in [-0.2, 0) is 11.2 Å². The van der Waals surface area contributed by atoms with Crippen LogP contribution in [0.15, 0.2) is 24.3 Å². The van der Waals surface area contributed by atoms with Crippen molar-refractivity contribution in [1.82, 2.24) is 0 Å². The van der Waals surface area contributed by atoms with E-state index in [9.17, 15) is 0 Å². The van der Waals surface area contributed by atoms with Gasteiger partial charge in [-0.05, 0) is 17.7 Å². The van der Waals surface area contributed by atoms with Crippen molar-refractivity contribution in [2.75, 3.05) is 25.6 Å². The van der Waals surface area contributed by atoms with Gasteiger partial charge < -0.3 is 9.47 Å². The number of thioether (sulfide) groups is 1. The summed E-state index contributed by atoms with van der Waals surface area (Å²) in [6.45, 7) is 2.49. The Balaban J connectivity index is 1.66. The van der Waals surface area contributed by atoms with Gasteiger partial charge in [-0.25, -0.2) is 0 Å². The minimum atomic E-state index is 0.456. The maximum atomic E-state index is 8.55. The van der Waals surface area contributed by atoms with Crippen LogP contribution in [0.25, 0.3) is 0 Å². The lowest BCUT2D eigenvalue weighted by Gasteiger charge is -2.25. The van der Waals surface area contributed by atoms with Gasteiger partial charge in [0.15, 0.2) is 0 Å². The van der Waals surface area contributed by atoms with Gasteiger partial charge in [-0.15, -0.1) is 0 Å². The fraction of sp³-hybridized carbons (Fsp3) is 0.462. The van der Waals surface area contributed by atoms with Gasteiger partial charge in [0.05, 0.1) is 37.6 Å². The van der Waals surface area contributed by atoms with E-state index in [0.717, 1.165) is 36.9 Å². The molecule has 1 aromatic carbocycles. The fourth-order valence-electron chi connectivity index (χ4n) is 1.48. The molecule has 90 valence electrons. The van der Waals surface area contributed by atoms with Crippen molar-refractivity contribution in [3.63, 3.8) is 0 Å². The molecule has 0 atom stereocenters. The maximum Gasteiger partial charge on any atom is 0.119 e. The van der Waals surface area contributed by atoms with Crippen LogP contribution in [0.3, 0.4) is 0 Å². The molecule has 1 aromatic rings. The van der Waals surface area contributed by atoms with E-state index in [0.29, 0.717) is 11.7 Å². The first kappa shape index (κ1) is 12.3. The SMILES string of the molecule is N#CCc1ccc(OCCSC2COC2)cc1. The van der Waals surface area contributed by atoms with Gasteiger partial charge in [0, 0.05) is 5.75 Å². The van der Waals surface area contributed by atoms with Crippen molar-refractivity contribution in [2.45, 2.75) is 11.7 Å². The normalized spacial score (nSPS) is 15.0. The molecule has 0 radical (unpaired) electrons. The number of hydrogen-bond acceptors (Lipinski definition) is 4. The van der Waals surface area contributed by atoms with E-state index < -0.39 is 0 Å². The van der Waals surface area contributed by atoms with Gasteiger partial charge >= 0.3 is 0 Å². The lowest BCUT2D eigenvalue weighted by Crippen LogP contribution is -2.31. The van der Waals surface area contributed by atoms with Crippen molar-refractivity contribution >= 4 is 11.8 Å². The van der Waals surface area contributed by atoms with Crippen molar-refractivity contribution in [1.29, 1.82) is 5.26 Å². The Hall–Kier alpha value is -1.18. The van der Waals surface area contributed by atoms with Crippen LogP contribution < -0.4 is 4.74 Å². The number of benzene rings is 1. The molecule has 0 aromatic heterocycles. The zero-order valence-corrected chi connectivity index (χ0v) is 10.4. The first-order chi connectivity index (χ1) is 8.38. The number of nitrogens with zero attached hydrogens (tertiary/aromatic N) is 1. The summed E-state index contributed by atoms with van der Waals surface area (Å²) in [5, 5.41) is 9.21. The van der Waals surface area contributed by atoms with E-state index in [1.54, 1.807) is 0 Å². The summed E-state index contributed by atoms with van der Waals surface area (Å²) < 4.78 is 10.7. The van der Waals surface area contributed by atoms with E-state index in [2.05, 4.69) is 6.07 Å². The smallest absolute Gasteiger partial charge is 0.119 e. The number of rotatable bonds is 6. The highest BCUT2D eigenvalue weighted by molar-refractivity contribution is 8.00. The van der Waals surface area contributed by atoms with Crippen LogP contribution in [0.1, 0.15) is 5.56 Å². The van der Waals surface area contributed by atoms with Crippen LogP contribution in [0, 0.1) is 11.3 Å². The summed E-state index contributed by atoms with van der Waals surface area (Å²) in [5.74, 6) is 1.87. The van der Waals surface area contributed by atoms with Crippen molar-refractivity contribution < 1.29 is 9.47 Å². The lowest BCUT2D eigenvalue weighted by atomic mass is 10.2. The molecule has 0 saturated carbocycles. The number of nitriles is 1. The van der Waals surface area contributed by atoms with Crippen LogP contribution in [0.5, 0.6) is 5.75 Å². The quantitative estimate of drug-likeness (QED) is 0.725. The van der Waals surface area contributed by atoms with Gasteiger partial charge in [-0.2, -0.15) is 17.0 Å². The van der Waals surface area contributed by atoms with Crippen LogP contribution in [-0.4, -0.2) is 30.8 Å². The molecule has 0 unspecified atom stereocenters. The molecule has 0 spiro atoms. The molecule has 2 rings (SSSR count). The molecule has 17 heavy (non-hydrogen) atoms. The average molecular weight is 249 g/mol. The van der Waals surface area contributed by atoms with Gasteiger partial charge in [-0.1, -0.05) is 12.1 Å². The number of ether oxygens (including phenoxy) is 2. The molecular formula is C13H15NO2S. The van der Waals surface area contributed by atoms with E-state index in [-0.39, 0.29) is 0 Å². The van der Waals surface area contributed by atoms with Crippen molar-refractivity contribution in [3.05, 3.63) is 29.8 Å². The average Bonchev–Trinajstić information content (AvgIpc) is 2.29. The first-order valence-corrected chi connectivity index (χ1v) is 6.71. The highest BCUT2D eigenvalue weighted by Gasteiger charge is 2.17. The van der Waals surface area contributed by atoms with Gasteiger partial charge in [0.2, 0.25) is 0 Å². The highest BCUT2D eigenvalue weighted by atomic mass is 32.2. The second kappa shape index (κ2) is 6.53. The van der Waals surface area contributed by atoms with E-state index >= 15 is 0 Å². The van der Waals surface area contributed by atoms with Gasteiger partial charge in [-0.3, -0.25) is 0 Å². The fourth-order valence-corrected chi connectivity index (χ4v) is 2.38. The summed E-state index contributed by atoms with van der Waals surface area (Å²) in [6, 6.07) is 9.84. The molecule has 1 aliphatic heterocycles. The standard InChI is InChI=1S/C13H15NO2S/c14-6-5-11-1-3-12(4-2-11)16-7-8-17-13-9-15-10-13/h1-4,13H,5,7-10H2. The second-order valence-corrected chi connectivity index (χ2v) is 5.27. The van der Waals surface area contributed by atoms with Crippen molar-refractivity contribution in [2.24, 2.45) is 0 Å². The topological polar surface area (TPSA) is 42.2 Å². The molecule has 1 heterocycles. The van der Waals surface area contributed by atoms with Gasteiger partial charge in [0.1, 0.15) is 5.75 Å². The first-order valence-electron chi connectivity index (χ1n) is 5.66. The molecule has 4 heteroatoms. The summed E-state index contributed by atoms with van der Waals surface area (Å²) in [6.07, 6.45) is 0.456. The largest absolute Gasteiger partial charge is 0.493 e. The summed E-state index contributed by atoms with van der Waals surface area (Å²) in [5.41, 5.74) is 1.03. The molecule has 1 saturated heterocycles. The third-order valence-electron chi connectivity index (χ3n) is 2.52. The zero-order chi connectivity index (χ0) is 11.9. The Kier molecular flexibility index (Phi) is 4.72. The lowest BCUT2D eigenvalue weighted by molar-refractivity contribution is 0.0454. The van der Waals surface area contributed by atoms with E-state index in [1.807, 2.05) is 36.0 Å². The number of hydrogen-bond donors (Lipinski definition) is 0. The molecule has 0 amide bonds. The Labute approximate surface area is 106 Å². The summed E-state index contributed by atoms with van der Waals surface area (Å²) in [4.78, 5) is 0. The Bertz CT molecular complexity index is 381. The van der Waals surface area contributed by atoms with Crippen LogP contribution in [0.2, 0.25) is 0 Å². The zero-order valence-electron chi connectivity index (χ0n) is 9.59. The van der Waals surface area contributed by atoms with Crippen LogP contribution >= 0.6 is 11.8 Å². The molecule has 3 nitrogen and oxygen atoms in total. The maximum absolute atomic E-state index is 8.55. The summed E-state index contributed by atoms with van der Waals surface area (Å²) >= 11 is 1.90. The third-order valence-corrected chi connectivity index (χ3v) is 3.67. The highest BCUT2D eigenvalue weighted by Crippen LogP contribution is 2.19. The van der Waals surface area contributed by atoms with E-state index in [4.69, 9.17) is 14.7 Å².